The average Bonchev–Trinajstić information content (AvgIpc) is 2.28. The highest BCUT2D eigenvalue weighted by molar-refractivity contribution is 5.68. The molecule has 0 saturated heterocycles. The largest absolute Gasteiger partial charge is 0.461 e. The molecule has 1 rings (SSSR count). The molecule has 1 aromatic rings. The van der Waals surface area contributed by atoms with Crippen LogP contribution in [0.3, 0.4) is 0 Å². The Morgan fingerprint density at radius 2 is 1.87 bits per heavy atom. The highest BCUT2D eigenvalue weighted by atomic mass is 16.5. The van der Waals surface area contributed by atoms with Crippen molar-refractivity contribution in [3.8, 4) is 0 Å². The zero-order valence-corrected chi connectivity index (χ0v) is 9.25. The van der Waals surface area contributed by atoms with Crippen LogP contribution in [-0.2, 0) is 22.7 Å². The maximum atomic E-state index is 10.9. The van der Waals surface area contributed by atoms with Gasteiger partial charge >= 0.3 is 5.97 Å². The molecule has 0 aromatic heterocycles. The van der Waals surface area contributed by atoms with Crippen LogP contribution in [0, 0.1) is 0 Å². The van der Waals surface area contributed by atoms with Crippen LogP contribution in [0.15, 0.2) is 24.3 Å². The molecule has 3 nitrogen and oxygen atoms in total. The average molecular weight is 207 g/mol. The number of ether oxygens (including phenoxy) is 1. The molecular formula is C12H17NO2. The number of benzene rings is 1. The second-order valence-corrected chi connectivity index (χ2v) is 3.36. The zero-order valence-electron chi connectivity index (χ0n) is 9.25. The van der Waals surface area contributed by atoms with Crippen LogP contribution < -0.4 is 5.32 Å². The first-order valence-electron chi connectivity index (χ1n) is 5.14. The van der Waals surface area contributed by atoms with Crippen LogP contribution in [0.1, 0.15) is 24.5 Å². The van der Waals surface area contributed by atoms with Crippen LogP contribution in [0.4, 0.5) is 0 Å². The van der Waals surface area contributed by atoms with Gasteiger partial charge in [-0.15, -0.1) is 0 Å². The summed E-state index contributed by atoms with van der Waals surface area (Å²) in [6.07, 6.45) is 0.428. The minimum absolute atomic E-state index is 0.158. The summed E-state index contributed by atoms with van der Waals surface area (Å²) in [5.41, 5.74) is 2.25. The van der Waals surface area contributed by atoms with Gasteiger partial charge in [0.2, 0.25) is 0 Å². The van der Waals surface area contributed by atoms with Gasteiger partial charge in [-0.05, 0) is 18.2 Å². The van der Waals surface area contributed by atoms with Crippen LogP contribution >= 0.6 is 0 Å². The van der Waals surface area contributed by atoms with Gasteiger partial charge in [-0.1, -0.05) is 31.2 Å². The van der Waals surface area contributed by atoms with Crippen molar-refractivity contribution in [1.82, 2.24) is 5.32 Å². The smallest absolute Gasteiger partial charge is 0.305 e. The van der Waals surface area contributed by atoms with E-state index in [9.17, 15) is 4.79 Å². The molecule has 82 valence electrons. The van der Waals surface area contributed by atoms with Gasteiger partial charge in [0, 0.05) is 13.0 Å². The van der Waals surface area contributed by atoms with E-state index >= 15 is 0 Å². The first-order valence-corrected chi connectivity index (χ1v) is 5.14. The summed E-state index contributed by atoms with van der Waals surface area (Å²) in [6, 6.07) is 8.03. The minimum Gasteiger partial charge on any atom is -0.461 e. The number of carbonyl (C=O) groups is 1. The van der Waals surface area contributed by atoms with Crippen molar-refractivity contribution < 1.29 is 9.53 Å². The number of nitrogens with one attached hydrogen (secondary N) is 1. The fourth-order valence-electron chi connectivity index (χ4n) is 1.22. The van der Waals surface area contributed by atoms with Crippen molar-refractivity contribution in [2.24, 2.45) is 0 Å². The summed E-state index contributed by atoms with van der Waals surface area (Å²) in [6.45, 7) is 3.01. The Hall–Kier alpha value is -1.35. The lowest BCUT2D eigenvalue weighted by atomic mass is 10.1. The first-order chi connectivity index (χ1) is 7.26. The van der Waals surface area contributed by atoms with E-state index in [0.717, 1.165) is 12.1 Å². The quantitative estimate of drug-likeness (QED) is 0.749. The van der Waals surface area contributed by atoms with Gasteiger partial charge in [-0.2, -0.15) is 0 Å². The first kappa shape index (κ1) is 11.7. The molecule has 3 heteroatoms. The molecular weight excluding hydrogens is 190 g/mol. The van der Waals surface area contributed by atoms with Gasteiger partial charge in [-0.3, -0.25) is 4.79 Å². The molecule has 0 amide bonds. The van der Waals surface area contributed by atoms with E-state index in [2.05, 4.69) is 5.32 Å². The van der Waals surface area contributed by atoms with Crippen LogP contribution in [0.5, 0.6) is 0 Å². The van der Waals surface area contributed by atoms with E-state index in [1.54, 1.807) is 6.92 Å². The molecule has 0 radical (unpaired) electrons. The van der Waals surface area contributed by atoms with E-state index in [4.69, 9.17) is 4.74 Å². The molecule has 15 heavy (non-hydrogen) atoms. The lowest BCUT2D eigenvalue weighted by molar-refractivity contribution is -0.144. The maximum Gasteiger partial charge on any atom is 0.305 e. The van der Waals surface area contributed by atoms with Crippen molar-refractivity contribution in [3.05, 3.63) is 35.4 Å². The van der Waals surface area contributed by atoms with Gasteiger partial charge < -0.3 is 10.1 Å². The van der Waals surface area contributed by atoms with Gasteiger partial charge in [0.05, 0.1) is 0 Å². The maximum absolute atomic E-state index is 10.9. The molecule has 0 bridgehead atoms. The normalized spacial score (nSPS) is 10.0. The van der Waals surface area contributed by atoms with Crippen molar-refractivity contribution in [2.75, 3.05) is 7.05 Å². The monoisotopic (exact) mass is 207 g/mol. The zero-order chi connectivity index (χ0) is 11.1. The SMILES string of the molecule is CCC(=O)OCc1ccc(CNC)cc1. The Morgan fingerprint density at radius 3 is 2.40 bits per heavy atom. The van der Waals surface area contributed by atoms with E-state index in [1.165, 1.54) is 5.56 Å². The fraction of sp³-hybridized carbons (Fsp3) is 0.417. The summed E-state index contributed by atoms with van der Waals surface area (Å²) in [4.78, 5) is 10.9. The second kappa shape index (κ2) is 6.19. The number of hydrogen-bond acceptors (Lipinski definition) is 3. The number of carbonyl (C=O) groups excluding carboxylic acids is 1. The lowest BCUT2D eigenvalue weighted by Crippen LogP contribution is -2.05. The standard InChI is InChI=1S/C12H17NO2/c1-3-12(14)15-9-11-6-4-10(5-7-11)8-13-2/h4-7,13H,3,8-9H2,1-2H3. The van der Waals surface area contributed by atoms with Crippen molar-refractivity contribution >= 4 is 5.97 Å². The van der Waals surface area contributed by atoms with Crippen LogP contribution in [0.25, 0.3) is 0 Å². The van der Waals surface area contributed by atoms with Gasteiger partial charge in [0.15, 0.2) is 0 Å². The molecule has 0 aliphatic heterocycles. The highest BCUT2D eigenvalue weighted by Gasteiger charge is 1.99. The van der Waals surface area contributed by atoms with Gasteiger partial charge in [0.25, 0.3) is 0 Å². The molecule has 0 fully saturated rings. The Kier molecular flexibility index (Phi) is 4.84. The van der Waals surface area contributed by atoms with Crippen molar-refractivity contribution in [2.45, 2.75) is 26.5 Å². The lowest BCUT2D eigenvalue weighted by Gasteiger charge is -2.04. The summed E-state index contributed by atoms with van der Waals surface area (Å²) >= 11 is 0. The summed E-state index contributed by atoms with van der Waals surface area (Å²) < 4.78 is 5.02. The van der Waals surface area contributed by atoms with E-state index in [-0.39, 0.29) is 5.97 Å². The fourth-order valence-corrected chi connectivity index (χ4v) is 1.22. The summed E-state index contributed by atoms with van der Waals surface area (Å²) in [5.74, 6) is -0.158. The minimum atomic E-state index is -0.158. The molecule has 0 unspecified atom stereocenters. The molecule has 0 heterocycles. The third-order valence-corrected chi connectivity index (χ3v) is 2.09. The Labute approximate surface area is 90.4 Å². The molecule has 0 saturated carbocycles. The summed E-state index contributed by atoms with van der Waals surface area (Å²) in [7, 11) is 1.91. The molecule has 0 aliphatic rings. The van der Waals surface area contributed by atoms with E-state index in [1.807, 2.05) is 31.3 Å². The Bertz CT molecular complexity index is 306. The summed E-state index contributed by atoms with van der Waals surface area (Å²) in [5, 5.41) is 3.08. The third kappa shape index (κ3) is 4.13. The van der Waals surface area contributed by atoms with E-state index < -0.39 is 0 Å². The van der Waals surface area contributed by atoms with E-state index in [0.29, 0.717) is 13.0 Å². The predicted molar refractivity (Wildman–Crippen MR) is 59.3 cm³/mol. The topological polar surface area (TPSA) is 38.3 Å². The third-order valence-electron chi connectivity index (χ3n) is 2.09. The Balaban J connectivity index is 2.45. The molecule has 0 aliphatic carbocycles. The van der Waals surface area contributed by atoms with Crippen molar-refractivity contribution in [3.63, 3.8) is 0 Å². The van der Waals surface area contributed by atoms with Crippen LogP contribution in [-0.4, -0.2) is 13.0 Å². The Morgan fingerprint density at radius 1 is 1.27 bits per heavy atom. The molecule has 1 aromatic carbocycles. The molecule has 0 spiro atoms. The number of esters is 1. The number of rotatable bonds is 5. The molecule has 0 atom stereocenters. The van der Waals surface area contributed by atoms with Crippen LogP contribution in [0.2, 0.25) is 0 Å². The predicted octanol–water partition coefficient (Wildman–Crippen LogP) is 1.86. The van der Waals surface area contributed by atoms with Gasteiger partial charge in [-0.25, -0.2) is 0 Å². The van der Waals surface area contributed by atoms with Crippen molar-refractivity contribution in [1.29, 1.82) is 0 Å². The highest BCUT2D eigenvalue weighted by Crippen LogP contribution is 2.06. The van der Waals surface area contributed by atoms with Gasteiger partial charge in [0.1, 0.15) is 6.61 Å². The number of hydrogen-bond donors (Lipinski definition) is 1. The second-order valence-electron chi connectivity index (χ2n) is 3.36. The molecule has 1 N–H and O–H groups in total.